The van der Waals surface area contributed by atoms with Gasteiger partial charge in [-0.15, -0.1) is 0 Å². The molecule has 0 aliphatic heterocycles. The summed E-state index contributed by atoms with van der Waals surface area (Å²) in [6, 6.07) is 0. The minimum absolute atomic E-state index is 0.549. The molecule has 0 aromatic rings. The van der Waals surface area contributed by atoms with E-state index in [1.807, 2.05) is 0 Å². The summed E-state index contributed by atoms with van der Waals surface area (Å²) < 4.78 is 17.3. The van der Waals surface area contributed by atoms with E-state index >= 15 is 0 Å². The predicted molar refractivity (Wildman–Crippen MR) is 68.1 cm³/mol. The molecule has 0 N–H and O–H groups in total. The summed E-state index contributed by atoms with van der Waals surface area (Å²) in [5.41, 5.74) is 0. The molecule has 0 radical (unpaired) electrons. The van der Waals surface area contributed by atoms with Gasteiger partial charge in [-0.05, 0) is 0 Å². The first-order chi connectivity index (χ1) is 7.41. The van der Waals surface area contributed by atoms with Gasteiger partial charge >= 0.3 is 111 Å². The average Bonchev–Trinajstić information content (AvgIpc) is 2.15. The van der Waals surface area contributed by atoms with Gasteiger partial charge in [0.2, 0.25) is 0 Å². The van der Waals surface area contributed by atoms with Crippen LogP contribution in [0.2, 0.25) is 0 Å². The van der Waals surface area contributed by atoms with Gasteiger partial charge in [0.25, 0.3) is 0 Å². The van der Waals surface area contributed by atoms with Crippen LogP contribution in [0.4, 0.5) is 0 Å². The predicted octanol–water partition coefficient (Wildman–Crippen LogP) is 2.99. The van der Waals surface area contributed by atoms with Gasteiger partial charge < -0.3 is 0 Å². The van der Waals surface area contributed by atoms with Gasteiger partial charge in [0.1, 0.15) is 0 Å². The van der Waals surface area contributed by atoms with E-state index in [0.29, 0.717) is 17.8 Å². The van der Waals surface area contributed by atoms with Crippen molar-refractivity contribution >= 4 is 24.1 Å². The van der Waals surface area contributed by atoms with Crippen LogP contribution < -0.4 is 0 Å². The van der Waals surface area contributed by atoms with Crippen molar-refractivity contribution in [3.63, 3.8) is 0 Å². The van der Waals surface area contributed by atoms with Gasteiger partial charge in [-0.25, -0.2) is 0 Å². The second-order valence-corrected chi connectivity index (χ2v) is 11.6. The SMILES string of the molecule is CC(C)C[O][Tl]([O]CC(C)C)[O]CC(C)C. The molecule has 3 nitrogen and oxygen atoms in total. The zero-order chi connectivity index (χ0) is 12.6. The third-order valence-electron chi connectivity index (χ3n) is 1.70. The molecular formula is C12H27O3Tl. The van der Waals surface area contributed by atoms with E-state index in [2.05, 4.69) is 41.5 Å². The van der Waals surface area contributed by atoms with Crippen LogP contribution in [0.15, 0.2) is 0 Å². The summed E-state index contributed by atoms with van der Waals surface area (Å²) in [5.74, 6) is 1.65. The van der Waals surface area contributed by atoms with Crippen LogP contribution in [-0.2, 0) is 8.06 Å². The van der Waals surface area contributed by atoms with Crippen molar-refractivity contribution in [2.24, 2.45) is 17.8 Å². The quantitative estimate of drug-likeness (QED) is 0.534. The van der Waals surface area contributed by atoms with Crippen LogP contribution in [0.5, 0.6) is 0 Å². The van der Waals surface area contributed by atoms with Crippen LogP contribution in [-0.4, -0.2) is 43.9 Å². The Bertz CT molecular complexity index is 132. The summed E-state index contributed by atoms with van der Waals surface area (Å²) >= 11 is -2.74. The van der Waals surface area contributed by atoms with Crippen LogP contribution in [0.1, 0.15) is 41.5 Å². The van der Waals surface area contributed by atoms with Gasteiger partial charge in [0.15, 0.2) is 0 Å². The Balaban J connectivity index is 3.85. The zero-order valence-electron chi connectivity index (χ0n) is 11.7. The Morgan fingerprint density at radius 3 is 1.06 bits per heavy atom. The minimum atomic E-state index is -2.74. The first kappa shape index (κ1) is 16.8. The topological polar surface area (TPSA) is 27.7 Å². The molecule has 0 fully saturated rings. The molecule has 0 aliphatic rings. The molecule has 0 spiro atoms. The first-order valence-corrected chi connectivity index (χ1v) is 11.8. The van der Waals surface area contributed by atoms with Gasteiger partial charge in [-0.3, -0.25) is 0 Å². The van der Waals surface area contributed by atoms with E-state index < -0.39 is 24.1 Å². The third kappa shape index (κ3) is 11.3. The van der Waals surface area contributed by atoms with Crippen molar-refractivity contribution < 1.29 is 8.06 Å². The molecule has 0 saturated heterocycles. The molecule has 0 unspecified atom stereocenters. The molecule has 0 atom stereocenters. The summed E-state index contributed by atoms with van der Waals surface area (Å²) in [7, 11) is 0. The van der Waals surface area contributed by atoms with Crippen molar-refractivity contribution in [1.82, 2.24) is 0 Å². The van der Waals surface area contributed by atoms with Crippen LogP contribution >= 0.6 is 0 Å². The van der Waals surface area contributed by atoms with E-state index in [4.69, 9.17) is 8.06 Å². The van der Waals surface area contributed by atoms with Gasteiger partial charge in [-0.1, -0.05) is 0 Å². The molecular weight excluding hydrogens is 397 g/mol. The van der Waals surface area contributed by atoms with Crippen molar-refractivity contribution in [2.45, 2.75) is 41.5 Å². The monoisotopic (exact) mass is 424 g/mol. The molecule has 0 aliphatic carbocycles. The third-order valence-corrected chi connectivity index (χ3v) is 7.12. The summed E-state index contributed by atoms with van der Waals surface area (Å²) in [5, 5.41) is 0. The summed E-state index contributed by atoms with van der Waals surface area (Å²) in [4.78, 5) is 0. The number of rotatable bonds is 9. The number of hydrogen-bond donors (Lipinski definition) is 0. The van der Waals surface area contributed by atoms with E-state index in [-0.39, 0.29) is 0 Å². The van der Waals surface area contributed by atoms with Crippen molar-refractivity contribution in [3.05, 3.63) is 0 Å². The molecule has 0 aromatic heterocycles. The average molecular weight is 424 g/mol. The Morgan fingerprint density at radius 2 is 0.875 bits per heavy atom. The fourth-order valence-electron chi connectivity index (χ4n) is 0.957. The normalized spacial score (nSPS) is 11.8. The first-order valence-electron chi connectivity index (χ1n) is 6.26. The van der Waals surface area contributed by atoms with Gasteiger partial charge in [0, 0.05) is 0 Å². The second-order valence-electron chi connectivity index (χ2n) is 5.47. The van der Waals surface area contributed by atoms with E-state index in [0.717, 1.165) is 19.8 Å². The molecule has 0 heterocycles. The molecule has 4 heteroatoms. The van der Waals surface area contributed by atoms with Crippen LogP contribution in [0.25, 0.3) is 0 Å². The second kappa shape index (κ2) is 9.79. The van der Waals surface area contributed by atoms with Crippen LogP contribution in [0, 0.1) is 17.8 Å². The van der Waals surface area contributed by atoms with Gasteiger partial charge in [0.05, 0.1) is 0 Å². The van der Waals surface area contributed by atoms with Gasteiger partial charge in [-0.2, -0.15) is 0 Å². The number of hydrogen-bond acceptors (Lipinski definition) is 3. The Kier molecular flexibility index (Phi) is 10.3. The molecule has 0 aromatic carbocycles. The molecule has 16 heavy (non-hydrogen) atoms. The van der Waals surface area contributed by atoms with Crippen molar-refractivity contribution in [2.75, 3.05) is 19.8 Å². The molecule has 0 saturated carbocycles. The Hall–Kier alpha value is 0.802. The fraction of sp³-hybridized carbons (Fsp3) is 1.00. The molecule has 0 amide bonds. The zero-order valence-corrected chi connectivity index (χ0v) is 16.1. The standard InChI is InChI=1S/3C4H9O.Tl/c3*1-4(2)3-5;/h3*4H,3H2,1-2H3;/q3*-1;+3. The molecule has 96 valence electrons. The van der Waals surface area contributed by atoms with Crippen molar-refractivity contribution in [1.29, 1.82) is 0 Å². The summed E-state index contributed by atoms with van der Waals surface area (Å²) in [6.45, 7) is 15.2. The Labute approximate surface area is 111 Å². The molecule has 0 rings (SSSR count). The van der Waals surface area contributed by atoms with E-state index in [9.17, 15) is 0 Å². The van der Waals surface area contributed by atoms with Crippen molar-refractivity contribution in [3.8, 4) is 0 Å². The maximum atomic E-state index is 5.78. The van der Waals surface area contributed by atoms with E-state index in [1.54, 1.807) is 0 Å². The van der Waals surface area contributed by atoms with E-state index in [1.165, 1.54) is 0 Å². The summed E-state index contributed by atoms with van der Waals surface area (Å²) in [6.07, 6.45) is 0. The maximum absolute atomic E-state index is 5.78. The van der Waals surface area contributed by atoms with Crippen LogP contribution in [0.3, 0.4) is 0 Å². The molecule has 0 bridgehead atoms. The Morgan fingerprint density at radius 1 is 0.625 bits per heavy atom. The fourth-order valence-corrected chi connectivity index (χ4v) is 8.40.